The molecule has 2 N–H and O–H groups in total. The number of imidazole rings is 1. The SMILES string of the molecule is O=S(=O)(NCc1cnc[nH]1)c1ccc(Cl)c(F)c1Cl. The number of sulfonamides is 1. The first-order valence-electron chi connectivity index (χ1n) is 5.02. The number of aromatic amines is 1. The van der Waals surface area contributed by atoms with Crippen LogP contribution in [0.3, 0.4) is 0 Å². The van der Waals surface area contributed by atoms with Crippen LogP contribution in [0, 0.1) is 5.82 Å². The fourth-order valence-corrected chi connectivity index (χ4v) is 3.10. The fourth-order valence-electron chi connectivity index (χ4n) is 1.35. The van der Waals surface area contributed by atoms with Crippen LogP contribution in [-0.2, 0) is 16.6 Å². The molecule has 0 radical (unpaired) electrons. The van der Waals surface area contributed by atoms with E-state index in [1.54, 1.807) is 0 Å². The zero-order valence-electron chi connectivity index (χ0n) is 9.32. The molecule has 0 bridgehead atoms. The number of hydrogen-bond donors (Lipinski definition) is 2. The van der Waals surface area contributed by atoms with Gasteiger partial charge in [-0.15, -0.1) is 0 Å². The first-order chi connectivity index (χ1) is 8.92. The Morgan fingerprint density at radius 3 is 2.74 bits per heavy atom. The quantitative estimate of drug-likeness (QED) is 0.848. The smallest absolute Gasteiger partial charge is 0.242 e. The molecule has 0 fully saturated rings. The maximum atomic E-state index is 13.5. The molecule has 0 aliphatic heterocycles. The number of halogens is 3. The summed E-state index contributed by atoms with van der Waals surface area (Å²) in [5.74, 6) is -0.965. The molecule has 0 unspecified atom stereocenters. The van der Waals surface area contributed by atoms with Gasteiger partial charge in [-0.2, -0.15) is 0 Å². The summed E-state index contributed by atoms with van der Waals surface area (Å²) in [6, 6.07) is 2.27. The van der Waals surface area contributed by atoms with Gasteiger partial charge in [0, 0.05) is 11.9 Å². The molecule has 0 aliphatic carbocycles. The average Bonchev–Trinajstić information content (AvgIpc) is 2.86. The number of rotatable bonds is 4. The van der Waals surface area contributed by atoms with Gasteiger partial charge in [-0.25, -0.2) is 22.5 Å². The predicted octanol–water partition coefficient (Wildman–Crippen LogP) is 2.33. The summed E-state index contributed by atoms with van der Waals surface area (Å²) in [6.45, 7) is -0.0110. The van der Waals surface area contributed by atoms with Crippen LogP contribution in [0.4, 0.5) is 4.39 Å². The molecule has 102 valence electrons. The van der Waals surface area contributed by atoms with Crippen LogP contribution in [-0.4, -0.2) is 18.4 Å². The van der Waals surface area contributed by atoms with Gasteiger partial charge in [0.2, 0.25) is 10.0 Å². The minimum absolute atomic E-state index is 0.0110. The van der Waals surface area contributed by atoms with E-state index >= 15 is 0 Å². The number of H-pyrrole nitrogens is 1. The molecule has 0 saturated carbocycles. The van der Waals surface area contributed by atoms with Crippen molar-refractivity contribution in [1.82, 2.24) is 14.7 Å². The van der Waals surface area contributed by atoms with Gasteiger partial charge < -0.3 is 4.98 Å². The van der Waals surface area contributed by atoms with Crippen LogP contribution in [0.5, 0.6) is 0 Å². The lowest BCUT2D eigenvalue weighted by molar-refractivity contribution is 0.577. The van der Waals surface area contributed by atoms with Gasteiger partial charge in [0.05, 0.1) is 22.9 Å². The lowest BCUT2D eigenvalue weighted by atomic mass is 10.3. The van der Waals surface area contributed by atoms with Crippen molar-refractivity contribution < 1.29 is 12.8 Å². The Morgan fingerprint density at radius 1 is 1.37 bits per heavy atom. The second-order valence-electron chi connectivity index (χ2n) is 3.57. The molecule has 0 spiro atoms. The summed E-state index contributed by atoms with van der Waals surface area (Å²) in [5, 5.41) is -0.776. The van der Waals surface area contributed by atoms with Gasteiger partial charge in [0.25, 0.3) is 0 Å². The molecule has 9 heteroatoms. The lowest BCUT2D eigenvalue weighted by Crippen LogP contribution is -2.24. The topological polar surface area (TPSA) is 74.8 Å². The molecule has 19 heavy (non-hydrogen) atoms. The van der Waals surface area contributed by atoms with Crippen molar-refractivity contribution in [3.05, 3.63) is 46.2 Å². The molecule has 0 saturated heterocycles. The van der Waals surface area contributed by atoms with Gasteiger partial charge in [0.15, 0.2) is 5.82 Å². The summed E-state index contributed by atoms with van der Waals surface area (Å²) < 4.78 is 39.7. The Morgan fingerprint density at radius 2 is 2.11 bits per heavy atom. The molecular formula is C10H8Cl2FN3O2S. The van der Waals surface area contributed by atoms with E-state index in [0.29, 0.717) is 5.69 Å². The maximum absolute atomic E-state index is 13.5. The maximum Gasteiger partial charge on any atom is 0.242 e. The van der Waals surface area contributed by atoms with Crippen LogP contribution in [0.1, 0.15) is 5.69 Å². The van der Waals surface area contributed by atoms with Gasteiger partial charge in [-0.05, 0) is 12.1 Å². The van der Waals surface area contributed by atoms with Gasteiger partial charge in [-0.3, -0.25) is 0 Å². The Kier molecular flexibility index (Phi) is 4.10. The number of aromatic nitrogens is 2. The van der Waals surface area contributed by atoms with Gasteiger partial charge in [-0.1, -0.05) is 23.2 Å². The minimum Gasteiger partial charge on any atom is -0.347 e. The zero-order valence-corrected chi connectivity index (χ0v) is 11.7. The summed E-state index contributed by atoms with van der Waals surface area (Å²) in [4.78, 5) is 6.11. The zero-order chi connectivity index (χ0) is 14.0. The van der Waals surface area contributed by atoms with Crippen molar-refractivity contribution in [2.24, 2.45) is 0 Å². The second-order valence-corrected chi connectivity index (χ2v) is 6.10. The summed E-state index contributed by atoms with van der Waals surface area (Å²) >= 11 is 11.2. The standard InChI is InChI=1S/C10H8Cl2FN3O2S/c11-7-1-2-8(9(12)10(7)13)19(17,18)16-4-6-3-14-5-15-6/h1-3,5,16H,4H2,(H,14,15). The van der Waals surface area contributed by atoms with E-state index in [1.807, 2.05) is 0 Å². The molecule has 0 aliphatic rings. The number of nitrogens with zero attached hydrogens (tertiary/aromatic N) is 1. The largest absolute Gasteiger partial charge is 0.347 e. The van der Waals surface area contributed by atoms with Crippen molar-refractivity contribution >= 4 is 33.2 Å². The third-order valence-electron chi connectivity index (χ3n) is 2.30. The van der Waals surface area contributed by atoms with Crippen molar-refractivity contribution in [1.29, 1.82) is 0 Å². The molecule has 5 nitrogen and oxygen atoms in total. The van der Waals surface area contributed by atoms with Crippen LogP contribution in [0.15, 0.2) is 29.6 Å². The van der Waals surface area contributed by atoms with E-state index in [9.17, 15) is 12.8 Å². The molecule has 1 aromatic heterocycles. The highest BCUT2D eigenvalue weighted by atomic mass is 35.5. The molecular weight excluding hydrogens is 316 g/mol. The summed E-state index contributed by atoms with van der Waals surface area (Å²) in [7, 11) is -3.93. The Balaban J connectivity index is 2.27. The third kappa shape index (κ3) is 3.06. The van der Waals surface area contributed by atoms with Gasteiger partial charge in [0.1, 0.15) is 4.90 Å². The van der Waals surface area contributed by atoms with E-state index in [-0.39, 0.29) is 16.5 Å². The molecule has 2 rings (SSSR count). The number of nitrogens with one attached hydrogen (secondary N) is 2. The van der Waals surface area contributed by atoms with Crippen LogP contribution in [0.25, 0.3) is 0 Å². The van der Waals surface area contributed by atoms with E-state index in [0.717, 1.165) is 12.1 Å². The van der Waals surface area contributed by atoms with E-state index < -0.39 is 20.9 Å². The Labute approximate surface area is 118 Å². The highest BCUT2D eigenvalue weighted by Crippen LogP contribution is 2.29. The van der Waals surface area contributed by atoms with E-state index in [4.69, 9.17) is 23.2 Å². The van der Waals surface area contributed by atoms with E-state index in [2.05, 4.69) is 14.7 Å². The van der Waals surface area contributed by atoms with Crippen molar-refractivity contribution in [3.8, 4) is 0 Å². The van der Waals surface area contributed by atoms with Crippen molar-refractivity contribution in [3.63, 3.8) is 0 Å². The predicted molar refractivity (Wildman–Crippen MR) is 69.0 cm³/mol. The lowest BCUT2D eigenvalue weighted by Gasteiger charge is -2.08. The molecule has 0 amide bonds. The van der Waals surface area contributed by atoms with Crippen LogP contribution in [0.2, 0.25) is 10.0 Å². The highest BCUT2D eigenvalue weighted by Gasteiger charge is 2.21. The number of hydrogen-bond acceptors (Lipinski definition) is 3. The van der Waals surface area contributed by atoms with Crippen molar-refractivity contribution in [2.75, 3.05) is 0 Å². The fraction of sp³-hybridized carbons (Fsp3) is 0.100. The first kappa shape index (κ1) is 14.3. The Bertz CT molecular complexity index is 689. The average molecular weight is 324 g/mol. The number of benzene rings is 1. The summed E-state index contributed by atoms with van der Waals surface area (Å²) in [5.41, 5.74) is 0.564. The van der Waals surface area contributed by atoms with E-state index in [1.165, 1.54) is 12.5 Å². The minimum atomic E-state index is -3.93. The third-order valence-corrected chi connectivity index (χ3v) is 4.51. The highest BCUT2D eigenvalue weighted by molar-refractivity contribution is 7.89. The molecule has 2 aromatic rings. The second kappa shape index (κ2) is 5.46. The molecule has 1 aromatic carbocycles. The van der Waals surface area contributed by atoms with Crippen molar-refractivity contribution in [2.45, 2.75) is 11.4 Å². The molecule has 0 atom stereocenters. The van der Waals surface area contributed by atoms with Crippen LogP contribution >= 0.6 is 23.2 Å². The summed E-state index contributed by atoms with van der Waals surface area (Å²) in [6.07, 6.45) is 2.88. The first-order valence-corrected chi connectivity index (χ1v) is 7.26. The van der Waals surface area contributed by atoms with Gasteiger partial charge >= 0.3 is 0 Å². The molecule has 1 heterocycles. The van der Waals surface area contributed by atoms with Crippen LogP contribution < -0.4 is 4.72 Å². The normalized spacial score (nSPS) is 11.7. The Hall–Kier alpha value is -1.15. The monoisotopic (exact) mass is 323 g/mol.